The van der Waals surface area contributed by atoms with Crippen molar-refractivity contribution in [2.45, 2.75) is 12.5 Å². The van der Waals surface area contributed by atoms with E-state index in [-0.39, 0.29) is 6.04 Å². The van der Waals surface area contributed by atoms with E-state index in [2.05, 4.69) is 15.4 Å². The molecule has 0 aliphatic carbocycles. The molecule has 7 heteroatoms. The average molecular weight is 234 g/mol. The lowest BCUT2D eigenvalue weighted by molar-refractivity contribution is 0.352. The molecule has 2 saturated heterocycles. The van der Waals surface area contributed by atoms with Gasteiger partial charge in [0.25, 0.3) is 10.2 Å². The maximum atomic E-state index is 11.9. The highest BCUT2D eigenvalue weighted by Gasteiger charge is 2.27. The highest BCUT2D eigenvalue weighted by atomic mass is 32.2. The Morgan fingerprint density at radius 1 is 1.13 bits per heavy atom. The maximum absolute atomic E-state index is 11.9. The molecule has 2 aliphatic rings. The van der Waals surface area contributed by atoms with Crippen molar-refractivity contribution < 1.29 is 8.42 Å². The molecule has 15 heavy (non-hydrogen) atoms. The van der Waals surface area contributed by atoms with Crippen LogP contribution in [0.15, 0.2) is 0 Å². The summed E-state index contributed by atoms with van der Waals surface area (Å²) >= 11 is 0. The molecule has 0 bridgehead atoms. The molecule has 1 atom stereocenters. The molecule has 2 rings (SSSR count). The highest BCUT2D eigenvalue weighted by Crippen LogP contribution is 2.04. The van der Waals surface area contributed by atoms with Crippen molar-refractivity contribution in [1.82, 2.24) is 19.7 Å². The van der Waals surface area contributed by atoms with Crippen LogP contribution in [0.4, 0.5) is 0 Å². The van der Waals surface area contributed by atoms with E-state index in [1.165, 1.54) is 4.31 Å². The van der Waals surface area contributed by atoms with Gasteiger partial charge in [-0.05, 0) is 13.0 Å². The van der Waals surface area contributed by atoms with Gasteiger partial charge in [0, 0.05) is 38.8 Å². The van der Waals surface area contributed by atoms with Crippen LogP contribution in [0.5, 0.6) is 0 Å². The van der Waals surface area contributed by atoms with Crippen LogP contribution in [0.25, 0.3) is 0 Å². The summed E-state index contributed by atoms with van der Waals surface area (Å²) in [5.41, 5.74) is 0. The average Bonchev–Trinajstić information content (AvgIpc) is 2.71. The number of hydrogen-bond acceptors (Lipinski definition) is 4. The Morgan fingerprint density at radius 2 is 1.87 bits per heavy atom. The monoisotopic (exact) mass is 234 g/mol. The molecule has 2 fully saturated rings. The van der Waals surface area contributed by atoms with E-state index in [1.807, 2.05) is 0 Å². The van der Waals surface area contributed by atoms with Crippen molar-refractivity contribution in [2.24, 2.45) is 0 Å². The van der Waals surface area contributed by atoms with Crippen molar-refractivity contribution in [3.05, 3.63) is 0 Å². The lowest BCUT2D eigenvalue weighted by Gasteiger charge is -2.27. The summed E-state index contributed by atoms with van der Waals surface area (Å²) < 4.78 is 28.1. The first-order chi connectivity index (χ1) is 7.18. The third-order valence-corrected chi connectivity index (χ3v) is 4.47. The molecule has 0 amide bonds. The van der Waals surface area contributed by atoms with Crippen molar-refractivity contribution in [3.63, 3.8) is 0 Å². The molecule has 6 nitrogen and oxygen atoms in total. The summed E-state index contributed by atoms with van der Waals surface area (Å²) in [6.45, 7) is 4.25. The van der Waals surface area contributed by atoms with Gasteiger partial charge in [0.05, 0.1) is 0 Å². The van der Waals surface area contributed by atoms with Crippen molar-refractivity contribution >= 4 is 10.2 Å². The molecule has 1 unspecified atom stereocenters. The molecule has 0 spiro atoms. The second kappa shape index (κ2) is 4.75. The van der Waals surface area contributed by atoms with E-state index in [9.17, 15) is 8.42 Å². The van der Waals surface area contributed by atoms with Gasteiger partial charge in [0.2, 0.25) is 0 Å². The summed E-state index contributed by atoms with van der Waals surface area (Å²) in [5, 5.41) is 6.27. The van der Waals surface area contributed by atoms with Crippen LogP contribution in [-0.2, 0) is 10.2 Å². The van der Waals surface area contributed by atoms with E-state index in [0.29, 0.717) is 13.1 Å². The van der Waals surface area contributed by atoms with E-state index in [0.717, 1.165) is 32.6 Å². The molecule has 0 saturated carbocycles. The zero-order valence-electron chi connectivity index (χ0n) is 8.70. The highest BCUT2D eigenvalue weighted by molar-refractivity contribution is 7.87. The Hall–Kier alpha value is -0.210. The lowest BCUT2D eigenvalue weighted by atomic mass is 10.3. The van der Waals surface area contributed by atoms with Gasteiger partial charge in [-0.2, -0.15) is 17.4 Å². The van der Waals surface area contributed by atoms with Crippen molar-refractivity contribution in [3.8, 4) is 0 Å². The van der Waals surface area contributed by atoms with Gasteiger partial charge in [-0.1, -0.05) is 0 Å². The van der Waals surface area contributed by atoms with Crippen LogP contribution >= 0.6 is 0 Å². The second-order valence-electron chi connectivity index (χ2n) is 3.96. The Morgan fingerprint density at radius 3 is 2.47 bits per heavy atom. The molecule has 2 aliphatic heterocycles. The maximum Gasteiger partial charge on any atom is 0.279 e. The first-order valence-electron chi connectivity index (χ1n) is 5.37. The normalized spacial score (nSPS) is 29.5. The molecule has 3 N–H and O–H groups in total. The van der Waals surface area contributed by atoms with Crippen LogP contribution in [0.1, 0.15) is 6.42 Å². The van der Waals surface area contributed by atoms with E-state index in [1.54, 1.807) is 0 Å². The third kappa shape index (κ3) is 2.88. The van der Waals surface area contributed by atoms with E-state index < -0.39 is 10.2 Å². The van der Waals surface area contributed by atoms with E-state index in [4.69, 9.17) is 0 Å². The van der Waals surface area contributed by atoms with Gasteiger partial charge in [0.1, 0.15) is 0 Å². The number of piperazine rings is 1. The number of nitrogens with one attached hydrogen (secondary N) is 3. The SMILES string of the molecule is O=S(=O)(NC1CCNC1)N1CCNCC1. The topological polar surface area (TPSA) is 73.5 Å². The molecule has 0 radical (unpaired) electrons. The first-order valence-corrected chi connectivity index (χ1v) is 6.81. The molecule has 0 aromatic rings. The molecular formula is C8H18N4O2S. The zero-order chi connectivity index (χ0) is 10.7. The minimum Gasteiger partial charge on any atom is -0.315 e. The number of hydrogen-bond donors (Lipinski definition) is 3. The van der Waals surface area contributed by atoms with Gasteiger partial charge < -0.3 is 10.6 Å². The predicted molar refractivity (Wildman–Crippen MR) is 57.8 cm³/mol. The van der Waals surface area contributed by atoms with Crippen molar-refractivity contribution in [2.75, 3.05) is 39.3 Å². The summed E-state index contributed by atoms with van der Waals surface area (Å²) in [7, 11) is -3.26. The molecule has 0 aromatic heterocycles. The Balaban J connectivity index is 1.92. The van der Waals surface area contributed by atoms with Gasteiger partial charge in [-0.15, -0.1) is 0 Å². The van der Waals surface area contributed by atoms with Crippen LogP contribution in [-0.4, -0.2) is 58.0 Å². The standard InChI is InChI=1S/C8H18N4O2S/c13-15(14,11-8-1-2-10-7-8)12-5-3-9-4-6-12/h8-11H,1-7H2. The van der Waals surface area contributed by atoms with Gasteiger partial charge in [-0.25, -0.2) is 0 Å². The Labute approximate surface area is 90.6 Å². The smallest absolute Gasteiger partial charge is 0.279 e. The molecule has 2 heterocycles. The van der Waals surface area contributed by atoms with Gasteiger partial charge >= 0.3 is 0 Å². The quantitative estimate of drug-likeness (QED) is 0.533. The van der Waals surface area contributed by atoms with Crippen LogP contribution in [0.3, 0.4) is 0 Å². The zero-order valence-corrected chi connectivity index (χ0v) is 9.52. The minimum absolute atomic E-state index is 0.0601. The summed E-state index contributed by atoms with van der Waals surface area (Å²) in [4.78, 5) is 0. The largest absolute Gasteiger partial charge is 0.315 e. The van der Waals surface area contributed by atoms with Crippen LogP contribution in [0.2, 0.25) is 0 Å². The van der Waals surface area contributed by atoms with Crippen LogP contribution in [0, 0.1) is 0 Å². The fraction of sp³-hybridized carbons (Fsp3) is 1.00. The number of rotatable bonds is 3. The summed E-state index contributed by atoms with van der Waals surface area (Å²) in [6, 6.07) is 0.0601. The lowest BCUT2D eigenvalue weighted by Crippen LogP contribution is -2.52. The van der Waals surface area contributed by atoms with E-state index >= 15 is 0 Å². The molecule has 88 valence electrons. The predicted octanol–water partition coefficient (Wildman–Crippen LogP) is -1.91. The second-order valence-corrected chi connectivity index (χ2v) is 5.66. The number of nitrogens with zero attached hydrogens (tertiary/aromatic N) is 1. The van der Waals surface area contributed by atoms with Crippen LogP contribution < -0.4 is 15.4 Å². The summed E-state index contributed by atoms with van der Waals surface area (Å²) in [5.74, 6) is 0. The van der Waals surface area contributed by atoms with Gasteiger partial charge in [0.15, 0.2) is 0 Å². The Kier molecular flexibility index (Phi) is 3.57. The third-order valence-electron chi connectivity index (χ3n) is 2.79. The fourth-order valence-electron chi connectivity index (χ4n) is 1.93. The summed E-state index contributed by atoms with van der Waals surface area (Å²) in [6.07, 6.45) is 0.880. The Bertz CT molecular complexity index is 294. The minimum atomic E-state index is -3.26. The first kappa shape index (κ1) is 11.3. The van der Waals surface area contributed by atoms with Crippen molar-refractivity contribution in [1.29, 1.82) is 0 Å². The van der Waals surface area contributed by atoms with Gasteiger partial charge in [-0.3, -0.25) is 0 Å². The molecular weight excluding hydrogens is 216 g/mol. The molecule has 0 aromatic carbocycles. The fourth-order valence-corrected chi connectivity index (χ4v) is 3.36.